The normalized spacial score (nSPS) is 24.8. The van der Waals surface area contributed by atoms with Gasteiger partial charge in [0, 0.05) is 29.8 Å². The number of amides is 2. The molecule has 0 radical (unpaired) electrons. The van der Waals surface area contributed by atoms with E-state index >= 15 is 0 Å². The van der Waals surface area contributed by atoms with Crippen molar-refractivity contribution >= 4 is 23.7 Å². The van der Waals surface area contributed by atoms with Crippen LogP contribution < -0.4 is 5.32 Å². The fourth-order valence-electron chi connectivity index (χ4n) is 7.66. The van der Waals surface area contributed by atoms with Gasteiger partial charge in [-0.2, -0.15) is 0 Å². The van der Waals surface area contributed by atoms with Crippen molar-refractivity contribution in [1.82, 2.24) is 9.88 Å². The van der Waals surface area contributed by atoms with Crippen LogP contribution in [0.15, 0.2) is 60.8 Å². The number of hydrogen-bond donors (Lipinski definition) is 1. The van der Waals surface area contributed by atoms with Crippen LogP contribution in [0.3, 0.4) is 0 Å². The smallest absolute Gasteiger partial charge is 0.237 e. The van der Waals surface area contributed by atoms with Gasteiger partial charge in [0.1, 0.15) is 17.5 Å². The number of nitrogens with zero attached hydrogens (tertiary/aromatic N) is 2. The maximum absolute atomic E-state index is 14.1. The Morgan fingerprint density at radius 2 is 1.75 bits per heavy atom. The molecule has 2 unspecified atom stereocenters. The number of halogens is 2. The topological polar surface area (TPSA) is 62.3 Å². The van der Waals surface area contributed by atoms with Gasteiger partial charge >= 0.3 is 0 Å². The standard InChI is InChI=1S/C33H31F2N3O2/c34-25-16-23(17-26(35)18-25)28-9-12-32(10-1-2-11-32)31(40)38(28)14-4-5-21-7-8-22-19-33(20-24(22)15-21)27-6-3-13-36-29(27)37-30(33)39/h3-8,13,15-18,28H,1-2,9-12,14,19-20H2,(H,36,37,39)/b5-4+. The first-order valence-electron chi connectivity index (χ1n) is 14.2. The highest BCUT2D eigenvalue weighted by molar-refractivity contribution is 6.06. The molecule has 2 aliphatic carbocycles. The molecule has 2 aliphatic heterocycles. The van der Waals surface area contributed by atoms with Crippen LogP contribution in [0, 0.1) is 17.0 Å². The third kappa shape index (κ3) is 3.97. The van der Waals surface area contributed by atoms with Gasteiger partial charge in [-0.1, -0.05) is 49.3 Å². The third-order valence-corrected chi connectivity index (χ3v) is 9.63. The number of aromatic nitrogens is 1. The summed E-state index contributed by atoms with van der Waals surface area (Å²) in [6, 6.07) is 13.3. The number of rotatable bonds is 4. The molecule has 4 aliphatic rings. The molecule has 1 aromatic heterocycles. The number of carbonyl (C=O) groups excluding carboxylic acids is 2. The lowest BCUT2D eigenvalue weighted by Crippen LogP contribution is -2.49. The summed E-state index contributed by atoms with van der Waals surface area (Å²) in [4.78, 5) is 33.0. The monoisotopic (exact) mass is 539 g/mol. The fraction of sp³-hybridized carbons (Fsp3) is 0.364. The van der Waals surface area contributed by atoms with Crippen molar-refractivity contribution in [2.75, 3.05) is 11.9 Å². The molecule has 40 heavy (non-hydrogen) atoms. The van der Waals surface area contributed by atoms with Crippen LogP contribution in [0.1, 0.15) is 72.4 Å². The lowest BCUT2D eigenvalue weighted by molar-refractivity contribution is -0.149. The van der Waals surface area contributed by atoms with Crippen LogP contribution in [0.4, 0.5) is 14.6 Å². The molecule has 3 aromatic rings. The first-order chi connectivity index (χ1) is 19.4. The number of pyridine rings is 1. The first-order valence-corrected chi connectivity index (χ1v) is 14.2. The SMILES string of the molecule is O=C1N(C/C=C/c2ccc3c(c2)CC2(C3)C(=O)Nc3ncccc32)C(c2cc(F)cc(F)c2)CCC12CCCC2. The second-order valence-corrected chi connectivity index (χ2v) is 11.9. The molecule has 2 atom stereocenters. The third-order valence-electron chi connectivity index (χ3n) is 9.63. The van der Waals surface area contributed by atoms with E-state index in [4.69, 9.17) is 0 Å². The molecule has 2 aromatic carbocycles. The van der Waals surface area contributed by atoms with E-state index in [0.717, 1.165) is 60.4 Å². The summed E-state index contributed by atoms with van der Waals surface area (Å²) in [6.07, 6.45) is 12.2. The second kappa shape index (κ2) is 9.36. The molecule has 1 saturated carbocycles. The average molecular weight is 540 g/mol. The van der Waals surface area contributed by atoms with Crippen molar-refractivity contribution in [3.8, 4) is 0 Å². The van der Waals surface area contributed by atoms with Gasteiger partial charge in [0.25, 0.3) is 0 Å². The second-order valence-electron chi connectivity index (χ2n) is 11.9. The molecule has 7 rings (SSSR count). The zero-order chi connectivity index (χ0) is 27.5. The van der Waals surface area contributed by atoms with Gasteiger partial charge in [0.05, 0.1) is 11.5 Å². The van der Waals surface area contributed by atoms with E-state index in [2.05, 4.69) is 22.4 Å². The van der Waals surface area contributed by atoms with Gasteiger partial charge < -0.3 is 10.2 Å². The summed E-state index contributed by atoms with van der Waals surface area (Å²) in [5.41, 5.74) is 3.81. The van der Waals surface area contributed by atoms with Crippen LogP contribution in [-0.2, 0) is 27.8 Å². The summed E-state index contributed by atoms with van der Waals surface area (Å²) >= 11 is 0. The van der Waals surface area contributed by atoms with Crippen molar-refractivity contribution in [3.05, 3.63) is 100 Å². The van der Waals surface area contributed by atoms with Crippen molar-refractivity contribution < 1.29 is 18.4 Å². The molecule has 2 amide bonds. The average Bonchev–Trinajstić information content (AvgIpc) is 3.63. The van der Waals surface area contributed by atoms with Crippen molar-refractivity contribution in [2.24, 2.45) is 5.41 Å². The predicted octanol–water partition coefficient (Wildman–Crippen LogP) is 6.29. The molecule has 1 N–H and O–H groups in total. The summed E-state index contributed by atoms with van der Waals surface area (Å²) in [6.45, 7) is 0.367. The number of benzene rings is 2. The Bertz CT molecular complexity index is 1540. The van der Waals surface area contributed by atoms with Gasteiger partial charge in [-0.3, -0.25) is 9.59 Å². The van der Waals surface area contributed by atoms with Crippen LogP contribution in [0.2, 0.25) is 0 Å². The summed E-state index contributed by atoms with van der Waals surface area (Å²) < 4.78 is 28.2. The molecule has 2 spiro atoms. The quantitative estimate of drug-likeness (QED) is 0.424. The number of likely N-dealkylation sites (tertiary alicyclic amines) is 1. The van der Waals surface area contributed by atoms with Crippen LogP contribution >= 0.6 is 0 Å². The van der Waals surface area contributed by atoms with E-state index in [0.29, 0.717) is 37.2 Å². The summed E-state index contributed by atoms with van der Waals surface area (Å²) in [5, 5.41) is 2.95. The Balaban J connectivity index is 1.14. The van der Waals surface area contributed by atoms with E-state index < -0.39 is 17.0 Å². The molecule has 2 fully saturated rings. The van der Waals surface area contributed by atoms with Crippen molar-refractivity contribution in [1.29, 1.82) is 0 Å². The van der Waals surface area contributed by atoms with Crippen molar-refractivity contribution in [2.45, 2.75) is 62.8 Å². The highest BCUT2D eigenvalue weighted by atomic mass is 19.1. The highest BCUT2D eigenvalue weighted by Gasteiger charge is 2.51. The largest absolute Gasteiger partial charge is 0.331 e. The molecule has 3 heterocycles. The van der Waals surface area contributed by atoms with E-state index in [-0.39, 0.29) is 23.3 Å². The minimum Gasteiger partial charge on any atom is -0.331 e. The van der Waals surface area contributed by atoms with Gasteiger partial charge in [0.2, 0.25) is 11.8 Å². The van der Waals surface area contributed by atoms with Gasteiger partial charge in [-0.25, -0.2) is 13.8 Å². The maximum atomic E-state index is 14.1. The van der Waals surface area contributed by atoms with Gasteiger partial charge in [0.15, 0.2) is 0 Å². The Labute approximate surface area is 232 Å². The molecule has 1 saturated heterocycles. The maximum Gasteiger partial charge on any atom is 0.237 e. The van der Waals surface area contributed by atoms with Crippen LogP contribution in [0.5, 0.6) is 0 Å². The van der Waals surface area contributed by atoms with Crippen LogP contribution in [-0.4, -0.2) is 28.2 Å². The van der Waals surface area contributed by atoms with E-state index in [1.165, 1.54) is 12.1 Å². The molecular formula is C33H31F2N3O2. The summed E-state index contributed by atoms with van der Waals surface area (Å²) in [5.74, 6) is -0.488. The Hall–Kier alpha value is -3.87. The number of anilines is 1. The zero-order valence-electron chi connectivity index (χ0n) is 22.3. The lowest BCUT2D eigenvalue weighted by atomic mass is 9.74. The first kappa shape index (κ1) is 25.1. The Morgan fingerprint density at radius 1 is 0.975 bits per heavy atom. The minimum atomic E-state index is -0.621. The molecule has 0 bridgehead atoms. The number of nitrogens with one attached hydrogen (secondary N) is 1. The Kier molecular flexibility index (Phi) is 5.88. The molecule has 5 nitrogen and oxygen atoms in total. The Morgan fingerprint density at radius 3 is 2.55 bits per heavy atom. The van der Waals surface area contributed by atoms with Crippen molar-refractivity contribution in [3.63, 3.8) is 0 Å². The van der Waals surface area contributed by atoms with Gasteiger partial charge in [-0.15, -0.1) is 0 Å². The molecule has 7 heteroatoms. The fourth-order valence-corrected chi connectivity index (χ4v) is 7.66. The number of hydrogen-bond acceptors (Lipinski definition) is 3. The molecular weight excluding hydrogens is 508 g/mol. The number of piperidine rings is 1. The minimum absolute atomic E-state index is 0.00114. The lowest BCUT2D eigenvalue weighted by Gasteiger charge is -2.44. The number of fused-ring (bicyclic) bond motifs is 3. The van der Waals surface area contributed by atoms with Crippen LogP contribution in [0.25, 0.3) is 6.08 Å². The molecule has 204 valence electrons. The van der Waals surface area contributed by atoms with E-state index in [1.807, 2.05) is 35.3 Å². The predicted molar refractivity (Wildman–Crippen MR) is 148 cm³/mol. The summed E-state index contributed by atoms with van der Waals surface area (Å²) in [7, 11) is 0. The number of carbonyl (C=O) groups is 2. The van der Waals surface area contributed by atoms with E-state index in [1.54, 1.807) is 6.20 Å². The van der Waals surface area contributed by atoms with E-state index in [9.17, 15) is 18.4 Å². The highest BCUT2D eigenvalue weighted by Crippen LogP contribution is 2.50. The van der Waals surface area contributed by atoms with Gasteiger partial charge in [-0.05, 0) is 79.0 Å². The zero-order valence-corrected chi connectivity index (χ0v) is 22.3.